The number of esters is 1. The van der Waals surface area contributed by atoms with Crippen LogP contribution in [0.5, 0.6) is 0 Å². The lowest BCUT2D eigenvalue weighted by Crippen LogP contribution is -2.45. The third-order valence-electron chi connectivity index (χ3n) is 3.15. The van der Waals surface area contributed by atoms with Gasteiger partial charge in [0, 0.05) is 26.1 Å². The molecule has 1 N–H and O–H groups in total. The fraction of sp³-hybridized carbons (Fsp3) is 0.857. The van der Waals surface area contributed by atoms with E-state index in [1.54, 1.807) is 0 Å². The number of likely N-dealkylation sites (tertiary alicyclic amines) is 1. The summed E-state index contributed by atoms with van der Waals surface area (Å²) in [6.07, 6.45) is 3.19. The number of carbonyl (C=O) groups is 2. The number of urea groups is 1. The average molecular weight is 270 g/mol. The smallest absolute Gasteiger partial charge is 0.317 e. The Bertz CT molecular complexity index is 305. The van der Waals surface area contributed by atoms with Crippen LogP contribution in [0.25, 0.3) is 0 Å². The van der Waals surface area contributed by atoms with E-state index in [4.69, 9.17) is 4.74 Å². The molecular weight excluding hydrogens is 244 g/mol. The number of nitrogens with one attached hydrogen (secondary N) is 1. The van der Waals surface area contributed by atoms with Gasteiger partial charge in [-0.05, 0) is 39.0 Å². The number of carbonyl (C=O) groups excluding carboxylic acids is 2. The summed E-state index contributed by atoms with van der Waals surface area (Å²) in [5, 5.41) is 2.86. The molecule has 1 fully saturated rings. The van der Waals surface area contributed by atoms with Crippen LogP contribution < -0.4 is 5.32 Å². The Labute approximate surface area is 115 Å². The van der Waals surface area contributed by atoms with E-state index >= 15 is 0 Å². The number of ether oxygens (including phenoxy) is 1. The predicted molar refractivity (Wildman–Crippen MR) is 73.8 cm³/mol. The molecule has 1 rings (SSSR count). The van der Waals surface area contributed by atoms with Gasteiger partial charge in [-0.15, -0.1) is 0 Å². The van der Waals surface area contributed by atoms with Crippen molar-refractivity contribution in [1.82, 2.24) is 10.2 Å². The summed E-state index contributed by atoms with van der Waals surface area (Å²) in [6.45, 7) is 8.03. The third-order valence-corrected chi connectivity index (χ3v) is 3.15. The van der Waals surface area contributed by atoms with Gasteiger partial charge in [0.1, 0.15) is 0 Å². The second-order valence-electron chi connectivity index (χ2n) is 5.57. The average Bonchev–Trinajstić information content (AvgIpc) is 2.33. The summed E-state index contributed by atoms with van der Waals surface area (Å²) in [5.74, 6) is 0.386. The molecule has 110 valence electrons. The number of nitrogens with zero attached hydrogens (tertiary/aromatic N) is 1. The van der Waals surface area contributed by atoms with Crippen LogP contribution in [0.3, 0.4) is 0 Å². The zero-order valence-electron chi connectivity index (χ0n) is 12.3. The molecule has 1 atom stereocenters. The van der Waals surface area contributed by atoms with Crippen LogP contribution in [-0.2, 0) is 9.53 Å². The Morgan fingerprint density at radius 2 is 2.16 bits per heavy atom. The summed E-state index contributed by atoms with van der Waals surface area (Å²) in [6, 6.07) is -0.0104. The molecule has 1 aliphatic heterocycles. The first-order chi connectivity index (χ1) is 8.99. The highest BCUT2D eigenvalue weighted by molar-refractivity contribution is 5.74. The molecule has 1 unspecified atom stereocenters. The van der Waals surface area contributed by atoms with Crippen molar-refractivity contribution in [2.24, 2.45) is 5.92 Å². The largest absolute Gasteiger partial charge is 0.463 e. The number of hydrogen-bond acceptors (Lipinski definition) is 3. The van der Waals surface area contributed by atoms with E-state index in [0.29, 0.717) is 25.3 Å². The molecule has 0 aromatic rings. The second-order valence-corrected chi connectivity index (χ2v) is 5.57. The van der Waals surface area contributed by atoms with Gasteiger partial charge in [0.25, 0.3) is 0 Å². The Kier molecular flexibility index (Phi) is 6.67. The Morgan fingerprint density at radius 1 is 1.42 bits per heavy atom. The van der Waals surface area contributed by atoms with Gasteiger partial charge in [-0.2, -0.15) is 0 Å². The van der Waals surface area contributed by atoms with Crippen LogP contribution >= 0.6 is 0 Å². The molecule has 0 aliphatic carbocycles. The van der Waals surface area contributed by atoms with Gasteiger partial charge in [-0.25, -0.2) is 4.79 Å². The van der Waals surface area contributed by atoms with Gasteiger partial charge in [0.05, 0.1) is 6.10 Å². The topological polar surface area (TPSA) is 58.6 Å². The molecule has 1 aliphatic rings. The van der Waals surface area contributed by atoms with Crippen LogP contribution in [0.15, 0.2) is 0 Å². The van der Waals surface area contributed by atoms with Crippen molar-refractivity contribution >= 4 is 12.0 Å². The lowest BCUT2D eigenvalue weighted by atomic mass is 10.0. The fourth-order valence-corrected chi connectivity index (χ4v) is 2.24. The van der Waals surface area contributed by atoms with Crippen molar-refractivity contribution in [3.05, 3.63) is 0 Å². The Balaban J connectivity index is 2.11. The summed E-state index contributed by atoms with van der Waals surface area (Å²) >= 11 is 0. The summed E-state index contributed by atoms with van der Waals surface area (Å²) < 4.78 is 5.03. The third kappa shape index (κ3) is 6.45. The van der Waals surface area contributed by atoms with Crippen LogP contribution in [0.1, 0.15) is 46.5 Å². The molecule has 19 heavy (non-hydrogen) atoms. The van der Waals surface area contributed by atoms with Crippen molar-refractivity contribution in [2.45, 2.75) is 52.6 Å². The maximum Gasteiger partial charge on any atom is 0.317 e. The SMILES string of the molecule is CC1CCCN(C(=O)NCCCC(=O)OC(C)C)C1. The molecule has 0 aromatic carbocycles. The molecular formula is C14H26N2O3. The molecule has 1 heterocycles. The van der Waals surface area contributed by atoms with E-state index in [1.165, 1.54) is 6.42 Å². The first kappa shape index (κ1) is 15.8. The molecule has 0 spiro atoms. The van der Waals surface area contributed by atoms with Crippen LogP contribution in [0.2, 0.25) is 0 Å². The second kappa shape index (κ2) is 8.02. The maximum atomic E-state index is 11.9. The molecule has 1 saturated heterocycles. The van der Waals surface area contributed by atoms with Crippen molar-refractivity contribution in [2.75, 3.05) is 19.6 Å². The van der Waals surface area contributed by atoms with E-state index in [9.17, 15) is 9.59 Å². The van der Waals surface area contributed by atoms with Crippen LogP contribution in [0, 0.1) is 5.92 Å². The Morgan fingerprint density at radius 3 is 2.79 bits per heavy atom. The van der Waals surface area contributed by atoms with Gasteiger partial charge in [-0.1, -0.05) is 6.92 Å². The first-order valence-electron chi connectivity index (χ1n) is 7.21. The van der Waals surface area contributed by atoms with Gasteiger partial charge in [0.2, 0.25) is 0 Å². The Hall–Kier alpha value is -1.26. The summed E-state index contributed by atoms with van der Waals surface area (Å²) in [7, 11) is 0. The lowest BCUT2D eigenvalue weighted by molar-refractivity contribution is -0.147. The minimum atomic E-state index is -0.198. The highest BCUT2D eigenvalue weighted by atomic mass is 16.5. The van der Waals surface area contributed by atoms with Gasteiger partial charge in [0.15, 0.2) is 0 Å². The standard InChI is InChI=1S/C14H26N2O3/c1-11(2)19-13(17)7-4-8-15-14(18)16-9-5-6-12(3)10-16/h11-12H,4-10H2,1-3H3,(H,15,18). The molecule has 5 heteroatoms. The molecule has 2 amide bonds. The minimum Gasteiger partial charge on any atom is -0.463 e. The molecule has 0 radical (unpaired) electrons. The number of hydrogen-bond donors (Lipinski definition) is 1. The maximum absolute atomic E-state index is 11.9. The van der Waals surface area contributed by atoms with E-state index in [1.807, 2.05) is 18.7 Å². The minimum absolute atomic E-state index is 0.0104. The first-order valence-corrected chi connectivity index (χ1v) is 7.21. The fourth-order valence-electron chi connectivity index (χ4n) is 2.24. The van der Waals surface area contributed by atoms with E-state index in [-0.39, 0.29) is 18.1 Å². The molecule has 0 saturated carbocycles. The van der Waals surface area contributed by atoms with Gasteiger partial charge >= 0.3 is 12.0 Å². The lowest BCUT2D eigenvalue weighted by Gasteiger charge is -2.30. The van der Waals surface area contributed by atoms with Gasteiger partial charge < -0.3 is 15.0 Å². The summed E-state index contributed by atoms with van der Waals surface area (Å²) in [4.78, 5) is 25.0. The quantitative estimate of drug-likeness (QED) is 0.615. The van der Waals surface area contributed by atoms with Crippen molar-refractivity contribution in [3.8, 4) is 0 Å². The highest BCUT2D eigenvalue weighted by Gasteiger charge is 2.20. The number of piperidine rings is 1. The monoisotopic (exact) mass is 270 g/mol. The number of amides is 2. The van der Waals surface area contributed by atoms with Crippen LogP contribution in [0.4, 0.5) is 4.79 Å². The van der Waals surface area contributed by atoms with E-state index < -0.39 is 0 Å². The van der Waals surface area contributed by atoms with Crippen LogP contribution in [-0.4, -0.2) is 42.6 Å². The van der Waals surface area contributed by atoms with Crippen molar-refractivity contribution in [1.29, 1.82) is 0 Å². The van der Waals surface area contributed by atoms with Gasteiger partial charge in [-0.3, -0.25) is 4.79 Å². The van der Waals surface area contributed by atoms with E-state index in [2.05, 4.69) is 12.2 Å². The zero-order chi connectivity index (χ0) is 14.3. The molecule has 5 nitrogen and oxygen atoms in total. The predicted octanol–water partition coefficient (Wildman–Crippen LogP) is 2.16. The van der Waals surface area contributed by atoms with Crippen molar-refractivity contribution in [3.63, 3.8) is 0 Å². The molecule has 0 bridgehead atoms. The normalized spacial score (nSPS) is 19.4. The number of rotatable bonds is 5. The zero-order valence-corrected chi connectivity index (χ0v) is 12.3. The summed E-state index contributed by atoms with van der Waals surface area (Å²) in [5.41, 5.74) is 0. The highest BCUT2D eigenvalue weighted by Crippen LogP contribution is 2.15. The molecule has 0 aromatic heterocycles. The van der Waals surface area contributed by atoms with Crippen molar-refractivity contribution < 1.29 is 14.3 Å². The van der Waals surface area contributed by atoms with E-state index in [0.717, 1.165) is 19.5 Å².